The highest BCUT2D eigenvalue weighted by molar-refractivity contribution is 7.81. The van der Waals surface area contributed by atoms with E-state index >= 15 is 0 Å². The molecule has 9 heteroatoms. The van der Waals surface area contributed by atoms with Gasteiger partial charge in [0.25, 0.3) is 5.91 Å². The number of esters is 1. The Morgan fingerprint density at radius 1 is 1.14 bits per heavy atom. The summed E-state index contributed by atoms with van der Waals surface area (Å²) in [6.07, 6.45) is -1.43. The predicted molar refractivity (Wildman–Crippen MR) is 105 cm³/mol. The van der Waals surface area contributed by atoms with Crippen LogP contribution in [0.25, 0.3) is 0 Å². The first kappa shape index (κ1) is 22.2. The Labute approximate surface area is 172 Å². The van der Waals surface area contributed by atoms with Crippen molar-refractivity contribution in [2.24, 2.45) is 0 Å². The lowest BCUT2D eigenvalue weighted by molar-refractivity contribution is -0.140. The van der Waals surface area contributed by atoms with Crippen LogP contribution in [0.3, 0.4) is 0 Å². The largest absolute Gasteiger partial charge is 0.505 e. The van der Waals surface area contributed by atoms with Crippen molar-refractivity contribution in [2.75, 3.05) is 12.4 Å². The van der Waals surface area contributed by atoms with Gasteiger partial charge in [0.05, 0.1) is 12.4 Å². The molecular weight excluding hydrogens is 401 g/mol. The molecule has 2 rings (SSSR count). The molecule has 1 atom stereocenters. The van der Waals surface area contributed by atoms with Gasteiger partial charge in [0, 0.05) is 5.56 Å². The Balaban J connectivity index is 2.03. The highest BCUT2D eigenvalue weighted by Crippen LogP contribution is 2.27. The molecule has 0 aliphatic rings. The Morgan fingerprint density at radius 2 is 1.86 bits per heavy atom. The van der Waals surface area contributed by atoms with Crippen molar-refractivity contribution >= 4 is 30.6 Å². The number of phenolic OH excluding ortho intramolecular Hbond substituents is 1. The first-order valence-electron chi connectivity index (χ1n) is 8.72. The van der Waals surface area contributed by atoms with E-state index in [4.69, 9.17) is 9.47 Å². The summed E-state index contributed by atoms with van der Waals surface area (Å²) in [6.45, 7) is 0.0599. The van der Waals surface area contributed by atoms with E-state index in [1.54, 1.807) is 18.2 Å². The van der Waals surface area contributed by atoms with E-state index in [2.05, 4.69) is 17.9 Å². The zero-order valence-corrected chi connectivity index (χ0v) is 16.2. The van der Waals surface area contributed by atoms with E-state index in [-0.39, 0.29) is 29.9 Å². The number of phenols is 1. The first-order chi connectivity index (χ1) is 13.9. The number of halogens is 1. The van der Waals surface area contributed by atoms with Gasteiger partial charge >= 0.3 is 12.1 Å². The van der Waals surface area contributed by atoms with Crippen LogP contribution in [0.1, 0.15) is 34.9 Å². The summed E-state index contributed by atoms with van der Waals surface area (Å²) in [5.74, 6) is -2.62. The highest BCUT2D eigenvalue weighted by Gasteiger charge is 2.20. The number of thiol groups is 1. The number of benzene rings is 2. The summed E-state index contributed by atoms with van der Waals surface area (Å²) >= 11 is 3.79. The van der Waals surface area contributed by atoms with Gasteiger partial charge in [-0.25, -0.2) is 9.18 Å². The molecule has 0 spiro atoms. The van der Waals surface area contributed by atoms with Gasteiger partial charge in [-0.3, -0.25) is 14.9 Å². The molecule has 0 bridgehead atoms. The number of hydrogen-bond donors (Lipinski definition) is 3. The molecule has 2 amide bonds. The molecule has 0 unspecified atom stereocenters. The minimum absolute atomic E-state index is 0.0599. The lowest BCUT2D eigenvalue weighted by Gasteiger charge is -2.19. The van der Waals surface area contributed by atoms with Crippen molar-refractivity contribution in [1.29, 1.82) is 0 Å². The van der Waals surface area contributed by atoms with Crippen molar-refractivity contribution in [1.82, 2.24) is 5.32 Å². The number of ether oxygens (including phenoxy) is 2. The van der Waals surface area contributed by atoms with Crippen LogP contribution in [0.5, 0.6) is 5.75 Å². The molecule has 0 aromatic heterocycles. The molecule has 2 N–H and O–H groups in total. The van der Waals surface area contributed by atoms with Gasteiger partial charge in [0.15, 0.2) is 11.6 Å². The molecule has 0 fully saturated rings. The minimum Gasteiger partial charge on any atom is -0.505 e. The monoisotopic (exact) mass is 421 g/mol. The number of hydrogen-bond acceptors (Lipinski definition) is 7. The molecule has 7 nitrogen and oxygen atoms in total. The molecule has 0 radical (unpaired) electrons. The Kier molecular flexibility index (Phi) is 8.47. The van der Waals surface area contributed by atoms with Gasteiger partial charge in [-0.15, -0.1) is 0 Å². The number of amides is 2. The van der Waals surface area contributed by atoms with E-state index in [0.29, 0.717) is 6.42 Å². The zero-order chi connectivity index (χ0) is 21.2. The minimum atomic E-state index is -1.01. The summed E-state index contributed by atoms with van der Waals surface area (Å²) < 4.78 is 23.9. The van der Waals surface area contributed by atoms with Crippen LogP contribution >= 0.6 is 12.6 Å². The van der Waals surface area contributed by atoms with Gasteiger partial charge in [-0.05, 0) is 42.7 Å². The third kappa shape index (κ3) is 7.11. The van der Waals surface area contributed by atoms with Crippen molar-refractivity contribution in [3.8, 4) is 5.75 Å². The van der Waals surface area contributed by atoms with Gasteiger partial charge in [-0.1, -0.05) is 24.3 Å². The molecule has 0 saturated heterocycles. The van der Waals surface area contributed by atoms with Gasteiger partial charge in [-0.2, -0.15) is 12.6 Å². The second-order valence-electron chi connectivity index (χ2n) is 5.95. The lowest BCUT2D eigenvalue weighted by Crippen LogP contribution is -2.32. The molecule has 0 saturated carbocycles. The van der Waals surface area contributed by atoms with Crippen LogP contribution in [0.4, 0.5) is 9.18 Å². The SMILES string of the molecule is O=C(CS)OCCC[C@H](OC(=O)NC(=O)c1ccccc1)c1ccc(O)c(F)c1. The van der Waals surface area contributed by atoms with Crippen molar-refractivity contribution in [3.05, 3.63) is 65.5 Å². The number of imide groups is 1. The predicted octanol–water partition coefficient (Wildman–Crippen LogP) is 3.39. The molecule has 2 aromatic rings. The van der Waals surface area contributed by atoms with Crippen LogP contribution in [-0.4, -0.2) is 35.4 Å². The lowest BCUT2D eigenvalue weighted by atomic mass is 10.0. The van der Waals surface area contributed by atoms with E-state index in [1.807, 2.05) is 0 Å². The molecule has 0 heterocycles. The second kappa shape index (κ2) is 11.1. The molecule has 2 aromatic carbocycles. The fraction of sp³-hybridized carbons (Fsp3) is 0.250. The fourth-order valence-electron chi connectivity index (χ4n) is 2.43. The highest BCUT2D eigenvalue weighted by atomic mass is 32.1. The van der Waals surface area contributed by atoms with E-state index < -0.39 is 35.6 Å². The molecular formula is C20H20FNO6S. The van der Waals surface area contributed by atoms with E-state index in [9.17, 15) is 23.9 Å². The number of nitrogens with one attached hydrogen (secondary N) is 1. The van der Waals surface area contributed by atoms with Crippen LogP contribution in [-0.2, 0) is 14.3 Å². The third-order valence-electron chi connectivity index (χ3n) is 3.85. The summed E-state index contributed by atoms with van der Waals surface area (Å²) in [7, 11) is 0. The molecule has 154 valence electrons. The van der Waals surface area contributed by atoms with Crippen LogP contribution in [0, 0.1) is 5.82 Å². The summed E-state index contributed by atoms with van der Waals surface area (Å²) in [5.41, 5.74) is 0.554. The average molecular weight is 421 g/mol. The molecule has 0 aliphatic carbocycles. The fourth-order valence-corrected chi connectivity index (χ4v) is 2.52. The van der Waals surface area contributed by atoms with Gasteiger partial charge in [0.1, 0.15) is 6.10 Å². The van der Waals surface area contributed by atoms with Gasteiger partial charge in [0.2, 0.25) is 0 Å². The topological polar surface area (TPSA) is 102 Å². The standard InChI is InChI=1S/C20H20FNO6S/c21-15-11-14(8-9-16(15)23)17(7-4-10-27-18(24)12-29)28-20(26)22-19(25)13-5-2-1-3-6-13/h1-3,5-6,8-9,11,17,23,29H,4,7,10,12H2,(H,22,25,26)/t17-/m0/s1. The Hall–Kier alpha value is -3.07. The third-order valence-corrected chi connectivity index (χ3v) is 4.11. The van der Waals surface area contributed by atoms with Crippen molar-refractivity contribution in [3.63, 3.8) is 0 Å². The van der Waals surface area contributed by atoms with Crippen molar-refractivity contribution in [2.45, 2.75) is 18.9 Å². The summed E-state index contributed by atoms with van der Waals surface area (Å²) in [6, 6.07) is 11.7. The average Bonchev–Trinajstić information content (AvgIpc) is 2.72. The maximum Gasteiger partial charge on any atom is 0.414 e. The number of aromatic hydroxyl groups is 1. The van der Waals surface area contributed by atoms with Crippen molar-refractivity contribution < 1.29 is 33.4 Å². The Morgan fingerprint density at radius 3 is 2.52 bits per heavy atom. The smallest absolute Gasteiger partial charge is 0.414 e. The molecule has 29 heavy (non-hydrogen) atoms. The van der Waals surface area contributed by atoms with Crippen LogP contribution < -0.4 is 5.32 Å². The second-order valence-corrected chi connectivity index (χ2v) is 6.26. The maximum atomic E-state index is 13.7. The van der Waals surface area contributed by atoms with E-state index in [0.717, 1.165) is 12.1 Å². The van der Waals surface area contributed by atoms with Crippen LogP contribution in [0.2, 0.25) is 0 Å². The normalized spacial score (nSPS) is 11.4. The van der Waals surface area contributed by atoms with Crippen LogP contribution in [0.15, 0.2) is 48.5 Å². The number of alkyl carbamates (subject to hydrolysis) is 1. The number of carbonyl (C=O) groups excluding carboxylic acids is 3. The number of carbonyl (C=O) groups is 3. The van der Waals surface area contributed by atoms with E-state index in [1.165, 1.54) is 18.2 Å². The number of rotatable bonds is 8. The molecule has 0 aliphatic heterocycles. The summed E-state index contributed by atoms with van der Waals surface area (Å²) in [4.78, 5) is 35.4. The van der Waals surface area contributed by atoms with Gasteiger partial charge < -0.3 is 14.6 Å². The first-order valence-corrected chi connectivity index (χ1v) is 9.36. The quantitative estimate of drug-likeness (QED) is 0.343. The maximum absolute atomic E-state index is 13.7. The summed E-state index contributed by atoms with van der Waals surface area (Å²) in [5, 5.41) is 11.5. The zero-order valence-electron chi connectivity index (χ0n) is 15.3. The Bertz CT molecular complexity index is 861.